The molecule has 1 aliphatic heterocycles. The summed E-state index contributed by atoms with van der Waals surface area (Å²) in [5.74, 6) is -0.382. The molecular weight excluding hydrogens is 521 g/mol. The van der Waals surface area contributed by atoms with Crippen molar-refractivity contribution in [3.05, 3.63) is 67.6 Å². The van der Waals surface area contributed by atoms with Gasteiger partial charge in [-0.2, -0.15) is 0 Å². The van der Waals surface area contributed by atoms with E-state index in [4.69, 9.17) is 39.5 Å². The number of aliphatic hydroxyl groups excluding tert-OH is 1. The lowest BCUT2D eigenvalue weighted by Crippen LogP contribution is -2.30. The highest BCUT2D eigenvalue weighted by Gasteiger charge is 2.31. The van der Waals surface area contributed by atoms with E-state index in [1.54, 1.807) is 36.1 Å². The Balaban J connectivity index is 1.80. The molecule has 1 aliphatic rings. The third-order valence-corrected chi connectivity index (χ3v) is 7.20. The number of carbonyl (C=O) groups is 2. The van der Waals surface area contributed by atoms with Crippen LogP contribution in [0.4, 0.5) is 10.8 Å². The van der Waals surface area contributed by atoms with E-state index >= 15 is 0 Å². The summed E-state index contributed by atoms with van der Waals surface area (Å²) in [6, 6.07) is 9.46. The first-order valence-corrected chi connectivity index (χ1v) is 12.2. The summed E-state index contributed by atoms with van der Waals surface area (Å²) in [5.41, 5.74) is 0.875. The van der Waals surface area contributed by atoms with Crippen molar-refractivity contribution in [2.75, 3.05) is 25.1 Å². The Morgan fingerprint density at radius 2 is 1.94 bits per heavy atom. The van der Waals surface area contributed by atoms with Gasteiger partial charge in [-0.3, -0.25) is 14.5 Å². The molecule has 1 fully saturated rings. The fourth-order valence-electron chi connectivity index (χ4n) is 3.64. The molecule has 0 radical (unpaired) electrons. The quantitative estimate of drug-likeness (QED) is 0.455. The summed E-state index contributed by atoms with van der Waals surface area (Å²) in [6.07, 6.45) is -0.0273. The Morgan fingerprint density at radius 1 is 1.18 bits per heavy atom. The monoisotopic (exact) mass is 539 g/mol. The number of thiazole rings is 1. The smallest absolute Gasteiger partial charge is 0.273 e. The number of ether oxygens (including phenoxy) is 1. The highest BCUT2D eigenvalue weighted by Crippen LogP contribution is 2.38. The van der Waals surface area contributed by atoms with E-state index < -0.39 is 12.0 Å². The van der Waals surface area contributed by atoms with Crippen LogP contribution in [0.5, 0.6) is 5.75 Å². The predicted molar refractivity (Wildman–Crippen MR) is 134 cm³/mol. The molecule has 2 amide bonds. The van der Waals surface area contributed by atoms with Gasteiger partial charge in [0.15, 0.2) is 5.13 Å². The standard InChI is InChI=1S/C23H20Cl3N3O4S/c1-12-20(22(32)28-8-7-15(30)11-28)27-23(34-12)29(14-4-6-17(25)19(10-14)33-2)21(31)16-5-3-13(24)9-18(16)26/h3-6,9-10,15,30H,7-8,11H2,1-2H3/t15-/m1/s1. The molecule has 0 saturated carbocycles. The first-order chi connectivity index (χ1) is 16.2. The summed E-state index contributed by atoms with van der Waals surface area (Å²) < 4.78 is 5.33. The SMILES string of the molecule is COc1cc(N(C(=O)c2ccc(Cl)cc2Cl)c2nc(C(=O)N3CC[C@@H](O)C3)c(C)s2)ccc1Cl. The van der Waals surface area contributed by atoms with Crippen LogP contribution in [0, 0.1) is 6.92 Å². The first-order valence-electron chi connectivity index (χ1n) is 10.3. The number of hydrogen-bond acceptors (Lipinski definition) is 6. The highest BCUT2D eigenvalue weighted by molar-refractivity contribution is 7.16. The third-order valence-electron chi connectivity index (χ3n) is 5.39. The normalized spacial score (nSPS) is 15.5. The predicted octanol–water partition coefficient (Wildman–Crippen LogP) is 5.61. The highest BCUT2D eigenvalue weighted by atomic mass is 35.5. The molecule has 178 valence electrons. The van der Waals surface area contributed by atoms with Gasteiger partial charge in [-0.05, 0) is 43.7 Å². The van der Waals surface area contributed by atoms with Crippen LogP contribution in [0.1, 0.15) is 32.1 Å². The van der Waals surface area contributed by atoms with E-state index in [0.717, 1.165) is 0 Å². The molecule has 1 N–H and O–H groups in total. The number of amides is 2. The number of aryl methyl sites for hydroxylation is 1. The van der Waals surface area contributed by atoms with Gasteiger partial charge in [0.2, 0.25) is 0 Å². The van der Waals surface area contributed by atoms with E-state index in [2.05, 4.69) is 4.98 Å². The van der Waals surface area contributed by atoms with Gasteiger partial charge < -0.3 is 14.7 Å². The summed E-state index contributed by atoms with van der Waals surface area (Å²) >= 11 is 19.7. The van der Waals surface area contributed by atoms with E-state index in [9.17, 15) is 14.7 Å². The number of aromatic nitrogens is 1. The van der Waals surface area contributed by atoms with Gasteiger partial charge >= 0.3 is 0 Å². The second-order valence-electron chi connectivity index (χ2n) is 7.68. The number of carbonyl (C=O) groups excluding carboxylic acids is 2. The zero-order chi connectivity index (χ0) is 24.6. The lowest BCUT2D eigenvalue weighted by atomic mass is 10.2. The Morgan fingerprint density at radius 3 is 2.59 bits per heavy atom. The number of likely N-dealkylation sites (tertiary alicyclic amines) is 1. The number of halogens is 3. The minimum atomic E-state index is -0.547. The van der Waals surface area contributed by atoms with Gasteiger partial charge in [0, 0.05) is 29.1 Å². The van der Waals surface area contributed by atoms with Crippen LogP contribution >= 0.6 is 46.1 Å². The van der Waals surface area contributed by atoms with Crippen LogP contribution in [0.2, 0.25) is 15.1 Å². The van der Waals surface area contributed by atoms with Crippen molar-refractivity contribution in [1.82, 2.24) is 9.88 Å². The van der Waals surface area contributed by atoms with Gasteiger partial charge in [0.25, 0.3) is 11.8 Å². The van der Waals surface area contributed by atoms with E-state index in [-0.39, 0.29) is 33.9 Å². The van der Waals surface area contributed by atoms with E-state index in [1.807, 2.05) is 0 Å². The number of nitrogens with zero attached hydrogens (tertiary/aromatic N) is 3. The molecule has 0 bridgehead atoms. The van der Waals surface area contributed by atoms with E-state index in [1.165, 1.54) is 35.5 Å². The number of anilines is 2. The average molecular weight is 541 g/mol. The Hall–Kier alpha value is -2.36. The van der Waals surface area contributed by atoms with Gasteiger partial charge in [-0.15, -0.1) is 11.3 Å². The lowest BCUT2D eigenvalue weighted by molar-refractivity contribution is 0.0759. The maximum Gasteiger partial charge on any atom is 0.273 e. The molecule has 2 aromatic carbocycles. The van der Waals surface area contributed by atoms with Crippen LogP contribution in [0.15, 0.2) is 36.4 Å². The second-order valence-corrected chi connectivity index (χ2v) is 10.1. The number of β-amino-alcohol motifs (C(OH)–C–C–N with tert-alkyl or cyclic N) is 1. The van der Waals surface area contributed by atoms with Crippen molar-refractivity contribution in [3.63, 3.8) is 0 Å². The van der Waals surface area contributed by atoms with Crippen molar-refractivity contribution in [2.24, 2.45) is 0 Å². The van der Waals surface area contributed by atoms with Crippen LogP contribution in [0.3, 0.4) is 0 Å². The number of hydrogen-bond donors (Lipinski definition) is 1. The second kappa shape index (κ2) is 10.1. The molecule has 0 spiro atoms. The lowest BCUT2D eigenvalue weighted by Gasteiger charge is -2.21. The van der Waals surface area contributed by atoms with Crippen LogP contribution in [-0.2, 0) is 0 Å². The third kappa shape index (κ3) is 4.87. The van der Waals surface area contributed by atoms with Crippen molar-refractivity contribution >= 4 is 68.8 Å². The molecular formula is C23H20Cl3N3O4S. The maximum atomic E-state index is 13.7. The topological polar surface area (TPSA) is 83.0 Å². The molecule has 0 aliphatic carbocycles. The van der Waals surface area contributed by atoms with Gasteiger partial charge in [-0.25, -0.2) is 4.98 Å². The maximum absolute atomic E-state index is 13.7. The largest absolute Gasteiger partial charge is 0.495 e. The average Bonchev–Trinajstić information content (AvgIpc) is 3.40. The molecule has 1 atom stereocenters. The van der Waals surface area contributed by atoms with Crippen molar-refractivity contribution in [3.8, 4) is 5.75 Å². The zero-order valence-corrected chi connectivity index (χ0v) is 21.3. The van der Waals surface area contributed by atoms with Crippen molar-refractivity contribution < 1.29 is 19.4 Å². The van der Waals surface area contributed by atoms with Gasteiger partial charge in [-0.1, -0.05) is 34.8 Å². The minimum absolute atomic E-state index is 0.180. The molecule has 3 aromatic rings. The molecule has 1 saturated heterocycles. The van der Waals surface area contributed by atoms with Crippen molar-refractivity contribution in [2.45, 2.75) is 19.4 Å². The zero-order valence-electron chi connectivity index (χ0n) is 18.2. The van der Waals surface area contributed by atoms with Crippen molar-refractivity contribution in [1.29, 1.82) is 0 Å². The molecule has 0 unspecified atom stereocenters. The summed E-state index contributed by atoms with van der Waals surface area (Å²) in [6.45, 7) is 2.47. The Bertz CT molecular complexity index is 1270. The first kappa shape index (κ1) is 24.8. The number of aliphatic hydroxyl groups is 1. The van der Waals surface area contributed by atoms with E-state index in [0.29, 0.717) is 39.3 Å². The van der Waals surface area contributed by atoms with Crippen LogP contribution < -0.4 is 9.64 Å². The summed E-state index contributed by atoms with van der Waals surface area (Å²) in [7, 11) is 1.47. The van der Waals surface area contributed by atoms with Gasteiger partial charge in [0.05, 0.1) is 34.5 Å². The molecule has 2 heterocycles. The number of benzene rings is 2. The number of methoxy groups -OCH3 is 1. The Labute approximate surface area is 215 Å². The number of rotatable bonds is 5. The Kier molecular flexibility index (Phi) is 7.35. The van der Waals surface area contributed by atoms with Crippen LogP contribution in [-0.4, -0.2) is 53.1 Å². The van der Waals surface area contributed by atoms with Gasteiger partial charge in [0.1, 0.15) is 11.4 Å². The summed E-state index contributed by atoms with van der Waals surface area (Å²) in [4.78, 5) is 34.9. The van der Waals surface area contributed by atoms with Crippen LogP contribution in [0.25, 0.3) is 0 Å². The molecule has 7 nitrogen and oxygen atoms in total. The fourth-order valence-corrected chi connectivity index (χ4v) is 5.24. The molecule has 4 rings (SSSR count). The molecule has 11 heteroatoms. The molecule has 1 aromatic heterocycles. The molecule has 34 heavy (non-hydrogen) atoms. The minimum Gasteiger partial charge on any atom is -0.495 e. The fraction of sp³-hybridized carbons (Fsp3) is 0.261. The summed E-state index contributed by atoms with van der Waals surface area (Å²) in [5, 5.41) is 11.0.